The Morgan fingerprint density at radius 2 is 1.18 bits per heavy atom. The molecule has 6 N–H and O–H groups in total. The highest BCUT2D eigenvalue weighted by Crippen LogP contribution is 2.39. The summed E-state index contributed by atoms with van der Waals surface area (Å²) in [6.07, 6.45) is 1.19. The monoisotopic (exact) mass is 764 g/mol. The molecule has 4 aromatic carbocycles. The summed E-state index contributed by atoms with van der Waals surface area (Å²) in [6.45, 7) is 12.2. The van der Waals surface area contributed by atoms with Gasteiger partial charge in [0.25, 0.3) is 0 Å². The van der Waals surface area contributed by atoms with Crippen LogP contribution in [0, 0.1) is 10.7 Å². The quantitative estimate of drug-likeness (QED) is 0.0840. The van der Waals surface area contributed by atoms with Crippen LogP contribution in [0.4, 0.5) is 11.4 Å². The summed E-state index contributed by atoms with van der Waals surface area (Å²) in [7, 11) is 3.96. The molecular formula is C41H48N8O5S. The molecule has 0 aliphatic carbocycles. The molecule has 0 amide bonds. The first-order valence-corrected chi connectivity index (χ1v) is 18.7. The van der Waals surface area contributed by atoms with Crippen molar-refractivity contribution < 1.29 is 20.4 Å². The summed E-state index contributed by atoms with van der Waals surface area (Å²) in [5.41, 5.74) is 5.63. The predicted molar refractivity (Wildman–Crippen MR) is 219 cm³/mol. The van der Waals surface area contributed by atoms with Crippen LogP contribution in [-0.4, -0.2) is 77.1 Å². The normalized spacial score (nSPS) is 14.1. The van der Waals surface area contributed by atoms with Gasteiger partial charge in [0.15, 0.2) is 16.4 Å². The average Bonchev–Trinajstić information content (AvgIpc) is 3.86. The molecule has 3 heterocycles. The van der Waals surface area contributed by atoms with Crippen LogP contribution in [0.15, 0.2) is 77.6 Å². The van der Waals surface area contributed by atoms with Gasteiger partial charge in [-0.3, -0.25) is 9.67 Å². The highest BCUT2D eigenvalue weighted by molar-refractivity contribution is 7.71. The topological polar surface area (TPSA) is 172 Å². The molecule has 13 nitrogen and oxygen atoms in total. The molecule has 6 aromatic rings. The molecule has 0 spiro atoms. The maximum absolute atomic E-state index is 12.5. The Kier molecular flexibility index (Phi) is 11.1. The number of nitrogens with zero attached hydrogens (tertiary/aromatic N) is 6. The van der Waals surface area contributed by atoms with Crippen LogP contribution >= 0.6 is 12.2 Å². The SMILES string of the molecule is CC(C)c1cc(-c2n[nH]c(=S)n2-c2ccc(N(C)C)cc2)c(O)cc1O.CC1CCN(c2ccc(-n3c(-c4cc(C(C)C)c(O)cc4O)n[nH]c3=O)cc2)C1. The van der Waals surface area contributed by atoms with Gasteiger partial charge in [0.2, 0.25) is 0 Å². The zero-order valence-corrected chi connectivity index (χ0v) is 32.9. The summed E-state index contributed by atoms with van der Waals surface area (Å²) in [5, 5.41) is 54.7. The number of aromatic nitrogens is 6. The Labute approximate surface area is 324 Å². The lowest BCUT2D eigenvalue weighted by molar-refractivity contribution is 0.443. The van der Waals surface area contributed by atoms with Gasteiger partial charge in [-0.25, -0.2) is 14.5 Å². The second-order valence-electron chi connectivity index (χ2n) is 14.8. The molecule has 55 heavy (non-hydrogen) atoms. The van der Waals surface area contributed by atoms with Crippen molar-refractivity contribution in [3.8, 4) is 57.1 Å². The molecule has 1 atom stereocenters. The molecule has 288 valence electrons. The van der Waals surface area contributed by atoms with Gasteiger partial charge >= 0.3 is 5.69 Å². The third kappa shape index (κ3) is 7.95. The third-order valence-corrected chi connectivity index (χ3v) is 10.2. The lowest BCUT2D eigenvalue weighted by atomic mass is 9.98. The Bertz CT molecular complexity index is 2410. The second kappa shape index (κ2) is 15.8. The smallest absolute Gasteiger partial charge is 0.348 e. The number of rotatable bonds is 8. The van der Waals surface area contributed by atoms with E-state index in [9.17, 15) is 25.2 Å². The van der Waals surface area contributed by atoms with Gasteiger partial charge in [0.1, 0.15) is 23.0 Å². The molecule has 2 aromatic heterocycles. The Morgan fingerprint density at radius 1 is 0.709 bits per heavy atom. The first-order chi connectivity index (χ1) is 26.1. The molecule has 1 aliphatic heterocycles. The number of nitrogens with one attached hydrogen (secondary N) is 2. The van der Waals surface area contributed by atoms with Crippen molar-refractivity contribution >= 4 is 23.6 Å². The number of hydrogen-bond donors (Lipinski definition) is 6. The first kappa shape index (κ1) is 38.7. The lowest BCUT2D eigenvalue weighted by Crippen LogP contribution is -2.19. The van der Waals surface area contributed by atoms with Crippen LogP contribution in [0.2, 0.25) is 0 Å². The number of aromatic amines is 2. The standard InChI is InChI=1S/C22H26N4O3.C19H22N4O2S/c1-13(2)17-10-18(20(28)11-19(17)27)21-23-24-22(29)26(21)16-6-4-15(5-7-16)25-9-8-14(3)12-25;1-11(2)14-9-15(17(25)10-16(14)24)18-20-21-19(26)23(18)13-7-5-12(6-8-13)22(3)4/h4-7,10-11,13-14,27-28H,8-9,12H2,1-3H3,(H,24,29);5-11,24-25H,1-4H3,(H,21,26). The summed E-state index contributed by atoms with van der Waals surface area (Å²) >= 11 is 5.40. The van der Waals surface area contributed by atoms with Crippen molar-refractivity contribution in [3.05, 3.63) is 99.2 Å². The molecule has 14 heteroatoms. The van der Waals surface area contributed by atoms with Crippen LogP contribution in [0.25, 0.3) is 34.2 Å². The van der Waals surface area contributed by atoms with E-state index in [1.165, 1.54) is 23.1 Å². The fraction of sp³-hybridized carbons (Fsp3) is 0.317. The Balaban J connectivity index is 0.000000188. The van der Waals surface area contributed by atoms with Crippen molar-refractivity contribution in [2.24, 2.45) is 5.92 Å². The number of hydrogen-bond acceptors (Lipinski definition) is 10. The summed E-state index contributed by atoms with van der Waals surface area (Å²) in [6, 6.07) is 21.8. The zero-order valence-electron chi connectivity index (χ0n) is 32.1. The number of phenols is 4. The lowest BCUT2D eigenvalue weighted by Gasteiger charge is -2.18. The van der Waals surface area contributed by atoms with E-state index in [4.69, 9.17) is 12.2 Å². The zero-order chi connectivity index (χ0) is 39.7. The maximum atomic E-state index is 12.5. The van der Waals surface area contributed by atoms with Crippen LogP contribution in [0.5, 0.6) is 23.0 Å². The van der Waals surface area contributed by atoms with Gasteiger partial charge in [0.05, 0.1) is 22.5 Å². The third-order valence-electron chi connectivity index (χ3n) is 9.88. The molecule has 1 fully saturated rings. The summed E-state index contributed by atoms with van der Waals surface area (Å²) in [5.74, 6) is 1.54. The van der Waals surface area contributed by atoms with Gasteiger partial charge in [-0.15, -0.1) is 0 Å². The van der Waals surface area contributed by atoms with E-state index < -0.39 is 0 Å². The summed E-state index contributed by atoms with van der Waals surface area (Å²) in [4.78, 5) is 16.9. The molecule has 1 aliphatic rings. The molecule has 0 bridgehead atoms. The molecular weight excluding hydrogens is 717 g/mol. The molecule has 0 saturated carbocycles. The van der Waals surface area contributed by atoms with E-state index in [1.54, 1.807) is 16.7 Å². The minimum absolute atomic E-state index is 0.0230. The van der Waals surface area contributed by atoms with Crippen LogP contribution in [0.1, 0.15) is 64.0 Å². The van der Waals surface area contributed by atoms with Crippen molar-refractivity contribution in [1.82, 2.24) is 29.5 Å². The molecule has 0 radical (unpaired) electrons. The van der Waals surface area contributed by atoms with E-state index in [0.29, 0.717) is 44.7 Å². The largest absolute Gasteiger partial charge is 0.508 e. The van der Waals surface area contributed by atoms with E-state index in [0.717, 1.165) is 35.7 Å². The number of phenolic OH excluding ortho intramolecular Hbond substituents is 4. The van der Waals surface area contributed by atoms with Gasteiger partial charge in [-0.05, 0) is 108 Å². The highest BCUT2D eigenvalue weighted by Gasteiger charge is 2.22. The van der Waals surface area contributed by atoms with Crippen molar-refractivity contribution in [1.29, 1.82) is 0 Å². The Hall–Kier alpha value is -6.02. The fourth-order valence-corrected chi connectivity index (χ4v) is 7.02. The average molecular weight is 765 g/mol. The van der Waals surface area contributed by atoms with E-state index in [1.807, 2.05) is 95.2 Å². The van der Waals surface area contributed by atoms with E-state index >= 15 is 0 Å². The number of benzene rings is 4. The van der Waals surface area contributed by atoms with E-state index in [2.05, 4.69) is 32.2 Å². The molecule has 7 rings (SSSR count). The number of H-pyrrole nitrogens is 2. The predicted octanol–water partition coefficient (Wildman–Crippen LogP) is 7.81. The molecule has 1 unspecified atom stereocenters. The first-order valence-electron chi connectivity index (χ1n) is 18.2. The van der Waals surface area contributed by atoms with Gasteiger partial charge < -0.3 is 30.2 Å². The van der Waals surface area contributed by atoms with Gasteiger partial charge in [-0.1, -0.05) is 34.6 Å². The van der Waals surface area contributed by atoms with E-state index in [-0.39, 0.29) is 40.5 Å². The Morgan fingerprint density at radius 3 is 1.67 bits per heavy atom. The minimum Gasteiger partial charge on any atom is -0.508 e. The van der Waals surface area contributed by atoms with Gasteiger partial charge in [0, 0.05) is 50.7 Å². The highest BCUT2D eigenvalue weighted by atomic mass is 32.1. The minimum atomic E-state index is -0.388. The second-order valence-corrected chi connectivity index (χ2v) is 15.2. The molecule has 1 saturated heterocycles. The summed E-state index contributed by atoms with van der Waals surface area (Å²) < 4.78 is 3.63. The van der Waals surface area contributed by atoms with Gasteiger partial charge in [-0.2, -0.15) is 10.2 Å². The number of aromatic hydroxyl groups is 4. The van der Waals surface area contributed by atoms with Crippen LogP contribution in [-0.2, 0) is 0 Å². The van der Waals surface area contributed by atoms with Crippen molar-refractivity contribution in [2.75, 3.05) is 37.0 Å². The fourth-order valence-electron chi connectivity index (χ4n) is 6.79. The van der Waals surface area contributed by atoms with Crippen LogP contribution in [0.3, 0.4) is 0 Å². The van der Waals surface area contributed by atoms with Crippen molar-refractivity contribution in [2.45, 2.75) is 52.9 Å². The van der Waals surface area contributed by atoms with Crippen molar-refractivity contribution in [3.63, 3.8) is 0 Å². The van der Waals surface area contributed by atoms with Crippen LogP contribution < -0.4 is 15.5 Å². The number of anilines is 2. The maximum Gasteiger partial charge on any atom is 0.348 e.